The maximum absolute atomic E-state index is 15.6. The molecule has 2 fully saturated rings. The van der Waals surface area contributed by atoms with Gasteiger partial charge in [-0.2, -0.15) is 5.10 Å². The summed E-state index contributed by atoms with van der Waals surface area (Å²) >= 11 is 6.52. The van der Waals surface area contributed by atoms with Gasteiger partial charge in [0.1, 0.15) is 6.54 Å². The van der Waals surface area contributed by atoms with E-state index in [9.17, 15) is 19.2 Å². The molecule has 4 amide bonds. The smallest absolute Gasteiger partial charge is 0.291 e. The zero-order valence-corrected chi connectivity index (χ0v) is 34.6. The molecule has 6 rings (SSSR count). The van der Waals surface area contributed by atoms with Crippen molar-refractivity contribution in [2.75, 3.05) is 79.3 Å². The average molecular weight is 822 g/mol. The number of hydrogen-bond acceptors (Lipinski definition) is 7. The van der Waals surface area contributed by atoms with Crippen LogP contribution < -0.4 is 10.6 Å². The predicted octanol–water partition coefficient (Wildman–Crippen LogP) is 4.66. The first kappa shape index (κ1) is 42.4. The molecule has 2 aromatic heterocycles. The minimum Gasteiger partial charge on any atom is -0.352 e. The molecule has 4 aromatic rings. The topological polar surface area (TPSA) is 149 Å². The third kappa shape index (κ3) is 9.91. The number of nitrogens with zero attached hydrogens (tertiary/aromatic N) is 7. The van der Waals surface area contributed by atoms with E-state index < -0.39 is 17.5 Å². The Bertz CT molecular complexity index is 2180. The number of likely N-dealkylation sites (tertiary alicyclic amines) is 1. The molecule has 58 heavy (non-hydrogen) atoms. The van der Waals surface area contributed by atoms with Crippen LogP contribution >= 0.6 is 11.6 Å². The van der Waals surface area contributed by atoms with E-state index in [0.717, 1.165) is 43.4 Å². The van der Waals surface area contributed by atoms with Gasteiger partial charge in [0.15, 0.2) is 17.5 Å². The quantitative estimate of drug-likeness (QED) is 0.166. The highest BCUT2D eigenvalue weighted by Crippen LogP contribution is 2.32. The van der Waals surface area contributed by atoms with Gasteiger partial charge in [-0.1, -0.05) is 17.7 Å². The number of aryl methyl sites for hydroxylation is 1. The number of carbonyl (C=O) groups is 4. The summed E-state index contributed by atoms with van der Waals surface area (Å²) in [5.74, 6) is -3.44. The van der Waals surface area contributed by atoms with Gasteiger partial charge < -0.3 is 34.8 Å². The average Bonchev–Trinajstić information content (AvgIpc) is 3.90. The molecule has 2 saturated heterocycles. The van der Waals surface area contributed by atoms with Gasteiger partial charge in [-0.15, -0.1) is 0 Å². The predicted molar refractivity (Wildman–Crippen MR) is 217 cm³/mol. The number of amides is 4. The molecular weight excluding hydrogens is 770 g/mol. The SMILES string of the molecule is Cc1nn(CC(=O)NC(C)CCCN(C)C)cc1-c1ccc(-c2cnc(C(=O)Nc3ccc(C(=O)N4CCN(C(=O)C5CC[N+](C)(C)C5)CC4)c(Cl)c3)[nH]2)c(F)c1F. The second-order valence-electron chi connectivity index (χ2n) is 16.3. The van der Waals surface area contributed by atoms with E-state index in [1.165, 1.54) is 41.3 Å². The summed E-state index contributed by atoms with van der Waals surface area (Å²) < 4.78 is 33.4. The maximum Gasteiger partial charge on any atom is 0.291 e. The Labute approximate surface area is 342 Å². The third-order valence-corrected chi connectivity index (χ3v) is 11.2. The lowest BCUT2D eigenvalue weighted by Crippen LogP contribution is -2.52. The minimum atomic E-state index is -1.15. The van der Waals surface area contributed by atoms with Crippen molar-refractivity contribution in [3.63, 3.8) is 0 Å². The number of aromatic nitrogens is 4. The van der Waals surface area contributed by atoms with Gasteiger partial charge in [0.05, 0.1) is 61.3 Å². The van der Waals surface area contributed by atoms with Crippen LogP contribution in [-0.2, 0) is 16.1 Å². The van der Waals surface area contributed by atoms with Crippen LogP contribution in [0, 0.1) is 24.5 Å². The molecule has 2 unspecified atom stereocenters. The molecule has 2 aliphatic rings. The minimum absolute atomic E-state index is 0.0101. The van der Waals surface area contributed by atoms with Gasteiger partial charge >= 0.3 is 0 Å². The molecule has 0 radical (unpaired) electrons. The van der Waals surface area contributed by atoms with E-state index in [0.29, 0.717) is 43.1 Å². The van der Waals surface area contributed by atoms with Crippen LogP contribution in [0.25, 0.3) is 22.4 Å². The summed E-state index contributed by atoms with van der Waals surface area (Å²) in [4.78, 5) is 64.6. The van der Waals surface area contributed by atoms with E-state index >= 15 is 8.78 Å². The standard InChI is InChI=1S/C41H51ClF2N10O4/c1-25(8-7-14-50(3)4)46-35(55)23-53-22-32(26(2)49-53)29-11-12-31(37(44)36(29)43)34-21-45-38(48-34)39(56)47-28-9-10-30(33(42)20-28)41(58)52-17-15-51(16-18-52)40(57)27-13-19-54(5,6)24-27/h9-12,20-22,25,27H,7-8,13-19,23-24H2,1-6H3,(H2-,45,46,47,48,55,56,58)/p+1. The highest BCUT2D eigenvalue weighted by atomic mass is 35.5. The molecule has 2 aliphatic heterocycles. The van der Waals surface area contributed by atoms with Gasteiger partial charge in [-0.25, -0.2) is 13.8 Å². The van der Waals surface area contributed by atoms with E-state index in [2.05, 4.69) is 44.7 Å². The summed E-state index contributed by atoms with van der Waals surface area (Å²) in [5, 5.41) is 10.1. The van der Waals surface area contributed by atoms with E-state index in [1.54, 1.807) is 17.9 Å². The number of hydrogen-bond donors (Lipinski definition) is 3. The fraction of sp³-hybridized carbons (Fsp3) is 0.463. The molecule has 2 aromatic carbocycles. The number of halogens is 3. The molecule has 0 aliphatic carbocycles. The number of piperazine rings is 1. The molecular formula is C41H52ClF2N10O4+. The first-order valence-electron chi connectivity index (χ1n) is 19.5. The monoisotopic (exact) mass is 821 g/mol. The first-order valence-corrected chi connectivity index (χ1v) is 19.9. The number of imidazole rings is 1. The van der Waals surface area contributed by atoms with Crippen LogP contribution in [0.4, 0.5) is 14.5 Å². The van der Waals surface area contributed by atoms with E-state index in [-0.39, 0.29) is 69.5 Å². The number of rotatable bonds is 13. The lowest BCUT2D eigenvalue weighted by atomic mass is 10.0. The van der Waals surface area contributed by atoms with Crippen molar-refractivity contribution in [3.8, 4) is 22.4 Å². The van der Waals surface area contributed by atoms with Crippen molar-refractivity contribution in [2.24, 2.45) is 5.92 Å². The summed E-state index contributed by atoms with van der Waals surface area (Å²) in [6, 6.07) is 7.29. The zero-order valence-electron chi connectivity index (χ0n) is 33.9. The Hall–Kier alpha value is -5.19. The van der Waals surface area contributed by atoms with Crippen LogP contribution in [0.2, 0.25) is 5.02 Å². The van der Waals surface area contributed by atoms with Crippen LogP contribution in [0.5, 0.6) is 0 Å². The number of quaternary nitrogens is 1. The van der Waals surface area contributed by atoms with Crippen molar-refractivity contribution in [1.82, 2.24) is 39.8 Å². The second-order valence-corrected chi connectivity index (χ2v) is 16.7. The van der Waals surface area contributed by atoms with Gasteiger partial charge in [0, 0.05) is 67.2 Å². The van der Waals surface area contributed by atoms with Crippen LogP contribution in [-0.4, -0.2) is 143 Å². The molecule has 4 heterocycles. The number of H-pyrrole nitrogens is 1. The normalized spacial score (nSPS) is 17.1. The number of carbonyl (C=O) groups excluding carboxylic acids is 4. The summed E-state index contributed by atoms with van der Waals surface area (Å²) in [6.45, 7) is 7.92. The van der Waals surface area contributed by atoms with Crippen LogP contribution in [0.15, 0.2) is 42.7 Å². The van der Waals surface area contributed by atoms with Crippen molar-refractivity contribution < 1.29 is 32.4 Å². The Morgan fingerprint density at radius 2 is 1.71 bits per heavy atom. The van der Waals surface area contributed by atoms with Crippen molar-refractivity contribution in [2.45, 2.75) is 45.7 Å². The molecule has 310 valence electrons. The summed E-state index contributed by atoms with van der Waals surface area (Å²) in [6.07, 6.45) is 5.37. The Balaban J connectivity index is 1.04. The van der Waals surface area contributed by atoms with Gasteiger partial charge in [0.2, 0.25) is 11.8 Å². The lowest BCUT2D eigenvalue weighted by molar-refractivity contribution is -0.878. The van der Waals surface area contributed by atoms with Crippen molar-refractivity contribution in [3.05, 3.63) is 76.5 Å². The lowest BCUT2D eigenvalue weighted by Gasteiger charge is -2.36. The Morgan fingerprint density at radius 3 is 2.38 bits per heavy atom. The van der Waals surface area contributed by atoms with Crippen LogP contribution in [0.1, 0.15) is 52.9 Å². The van der Waals surface area contributed by atoms with Crippen molar-refractivity contribution in [1.29, 1.82) is 0 Å². The van der Waals surface area contributed by atoms with Gasteiger partial charge in [-0.05, 0) is 71.6 Å². The molecule has 2 atom stereocenters. The highest BCUT2D eigenvalue weighted by Gasteiger charge is 2.38. The molecule has 3 N–H and O–H groups in total. The van der Waals surface area contributed by atoms with Crippen molar-refractivity contribution >= 4 is 40.9 Å². The third-order valence-electron chi connectivity index (χ3n) is 10.8. The van der Waals surface area contributed by atoms with E-state index in [1.807, 2.05) is 25.9 Å². The van der Waals surface area contributed by atoms with E-state index in [4.69, 9.17) is 11.6 Å². The molecule has 0 saturated carbocycles. The maximum atomic E-state index is 15.6. The molecule has 0 spiro atoms. The molecule has 0 bridgehead atoms. The largest absolute Gasteiger partial charge is 0.352 e. The number of anilines is 1. The second kappa shape index (κ2) is 17.7. The van der Waals surface area contributed by atoms with Crippen LogP contribution in [0.3, 0.4) is 0 Å². The Morgan fingerprint density at radius 1 is 1.02 bits per heavy atom. The summed E-state index contributed by atoms with van der Waals surface area (Å²) in [5.41, 5.74) is 1.22. The zero-order chi connectivity index (χ0) is 41.9. The summed E-state index contributed by atoms with van der Waals surface area (Å²) in [7, 11) is 8.25. The molecule has 17 heteroatoms. The van der Waals surface area contributed by atoms with Gasteiger partial charge in [0.25, 0.3) is 11.8 Å². The van der Waals surface area contributed by atoms with Gasteiger partial charge in [-0.3, -0.25) is 23.9 Å². The first-order chi connectivity index (χ1) is 27.5. The number of aromatic amines is 1. The molecule has 14 nitrogen and oxygen atoms in total. The highest BCUT2D eigenvalue weighted by molar-refractivity contribution is 6.34. The fourth-order valence-corrected chi connectivity index (χ4v) is 7.92. The number of benzene rings is 2. The Kier molecular flexibility index (Phi) is 13.0. The number of nitrogens with one attached hydrogen (secondary N) is 3. The fourth-order valence-electron chi connectivity index (χ4n) is 7.66.